The van der Waals surface area contributed by atoms with E-state index in [0.717, 1.165) is 17.1 Å². The van der Waals surface area contributed by atoms with Gasteiger partial charge >= 0.3 is 0 Å². The van der Waals surface area contributed by atoms with Crippen LogP contribution in [0.5, 0.6) is 0 Å². The normalized spacial score (nSPS) is 16.1. The molecule has 2 aliphatic carbocycles. The van der Waals surface area contributed by atoms with Gasteiger partial charge in [0, 0.05) is 23.0 Å². The van der Waals surface area contributed by atoms with Crippen molar-refractivity contribution in [2.75, 3.05) is 4.90 Å². The summed E-state index contributed by atoms with van der Waals surface area (Å²) < 4.78 is 0. The SMILES string of the molecule is CC1C(c2cccc(N(c3cccc(-c4cc5ccccc5c5ccccc45)c3)c3ccc4ccc5ccccc5c4c3)c2)=c2ccccc2=C2C=CC=CC21. The van der Waals surface area contributed by atoms with Gasteiger partial charge in [-0.1, -0.05) is 171 Å². The maximum absolute atomic E-state index is 2.46. The molecule has 0 amide bonds. The number of fused-ring (bicyclic) bond motifs is 8. The molecule has 0 bridgehead atoms. The van der Waals surface area contributed by atoms with E-state index >= 15 is 0 Å². The second-order valence-corrected chi connectivity index (χ2v) is 15.3. The van der Waals surface area contributed by atoms with Crippen LogP contribution in [0.25, 0.3) is 65.4 Å². The molecule has 0 saturated carbocycles. The van der Waals surface area contributed by atoms with Crippen LogP contribution in [0.15, 0.2) is 206 Å². The zero-order valence-corrected chi connectivity index (χ0v) is 31.2. The Bertz CT molecular complexity index is 3230. The molecule has 0 saturated heterocycles. The summed E-state index contributed by atoms with van der Waals surface area (Å²) in [5.74, 6) is 0.660. The molecule has 9 aromatic rings. The summed E-state index contributed by atoms with van der Waals surface area (Å²) in [4.78, 5) is 2.46. The Balaban J connectivity index is 1.15. The molecule has 2 aliphatic rings. The smallest absolute Gasteiger partial charge is 0.0468 e. The van der Waals surface area contributed by atoms with Gasteiger partial charge < -0.3 is 4.90 Å². The molecule has 1 nitrogen and oxygen atoms in total. The maximum Gasteiger partial charge on any atom is 0.0468 e. The van der Waals surface area contributed by atoms with Gasteiger partial charge in [0.05, 0.1) is 0 Å². The average Bonchev–Trinajstić information content (AvgIpc) is 3.26. The summed E-state index contributed by atoms with van der Waals surface area (Å²) in [6.45, 7) is 2.40. The van der Waals surface area contributed by atoms with Crippen LogP contribution in [0.3, 0.4) is 0 Å². The first-order chi connectivity index (χ1) is 27.7. The molecule has 0 N–H and O–H groups in total. The summed E-state index contributed by atoms with van der Waals surface area (Å²) in [5, 5.41) is 12.7. The van der Waals surface area contributed by atoms with Crippen molar-refractivity contribution in [3.8, 4) is 11.1 Å². The van der Waals surface area contributed by atoms with Crippen molar-refractivity contribution < 1.29 is 0 Å². The first-order valence-electron chi connectivity index (χ1n) is 19.7. The van der Waals surface area contributed by atoms with Gasteiger partial charge in [0.15, 0.2) is 0 Å². The van der Waals surface area contributed by atoms with Crippen LogP contribution >= 0.6 is 0 Å². The van der Waals surface area contributed by atoms with E-state index in [-0.39, 0.29) is 0 Å². The van der Waals surface area contributed by atoms with Crippen LogP contribution in [0, 0.1) is 11.8 Å². The number of benzene rings is 9. The number of anilines is 3. The fourth-order valence-corrected chi connectivity index (χ4v) is 9.57. The number of hydrogen-bond acceptors (Lipinski definition) is 1. The minimum Gasteiger partial charge on any atom is -0.310 e. The van der Waals surface area contributed by atoms with Crippen LogP contribution in [0.2, 0.25) is 0 Å². The third kappa shape index (κ3) is 5.23. The molecule has 9 aromatic carbocycles. The second kappa shape index (κ2) is 13.1. The molecule has 0 aliphatic heterocycles. The fraction of sp³-hybridized carbons (Fsp3) is 0.0545. The second-order valence-electron chi connectivity index (χ2n) is 15.3. The van der Waals surface area contributed by atoms with Crippen molar-refractivity contribution in [1.82, 2.24) is 0 Å². The summed E-state index contributed by atoms with van der Waals surface area (Å²) in [6.07, 6.45) is 9.08. The topological polar surface area (TPSA) is 3.24 Å². The van der Waals surface area contributed by atoms with Crippen molar-refractivity contribution in [3.63, 3.8) is 0 Å². The Hall–Kier alpha value is -6.96. The molecular formula is C55H39N. The molecule has 0 spiro atoms. The predicted molar refractivity (Wildman–Crippen MR) is 239 cm³/mol. The van der Waals surface area contributed by atoms with E-state index in [0.29, 0.717) is 11.8 Å². The lowest BCUT2D eigenvalue weighted by atomic mass is 9.73. The lowest BCUT2D eigenvalue weighted by Gasteiger charge is -2.32. The van der Waals surface area contributed by atoms with Crippen molar-refractivity contribution in [2.45, 2.75) is 6.92 Å². The number of hydrogen-bond donors (Lipinski definition) is 0. The van der Waals surface area contributed by atoms with Gasteiger partial charge in [0.25, 0.3) is 0 Å². The van der Waals surface area contributed by atoms with E-state index in [1.807, 2.05) is 0 Å². The highest BCUT2D eigenvalue weighted by Gasteiger charge is 2.28. The third-order valence-electron chi connectivity index (χ3n) is 12.2. The van der Waals surface area contributed by atoms with Crippen molar-refractivity contribution in [2.24, 2.45) is 11.8 Å². The number of nitrogens with zero attached hydrogens (tertiary/aromatic N) is 1. The maximum atomic E-state index is 2.46. The first kappa shape index (κ1) is 32.5. The minimum absolute atomic E-state index is 0.321. The van der Waals surface area contributed by atoms with Crippen molar-refractivity contribution >= 4 is 71.3 Å². The van der Waals surface area contributed by atoms with Crippen LogP contribution < -0.4 is 15.3 Å². The first-order valence-corrected chi connectivity index (χ1v) is 19.7. The standard InChI is InChI=1S/C55H39N/c1-36-45-20-6-7-23-48(45)50-25-10-11-27-52(50)55(36)41-17-13-19-43(33-41)56(44-31-30-38-29-28-37-14-2-4-21-46(37)54(38)35-44)42-18-12-16-39(32-42)53-34-40-15-3-5-22-47(40)49-24-8-9-26-51(49)53/h2-36,45H,1H3. The van der Waals surface area contributed by atoms with E-state index in [4.69, 9.17) is 0 Å². The average molecular weight is 714 g/mol. The molecule has 0 radical (unpaired) electrons. The van der Waals surface area contributed by atoms with Crippen LogP contribution in [-0.2, 0) is 0 Å². The lowest BCUT2D eigenvalue weighted by molar-refractivity contribution is 0.632. The van der Waals surface area contributed by atoms with Gasteiger partial charge in [-0.05, 0) is 130 Å². The van der Waals surface area contributed by atoms with Gasteiger partial charge in [-0.15, -0.1) is 0 Å². The van der Waals surface area contributed by atoms with Gasteiger partial charge in [-0.25, -0.2) is 0 Å². The summed E-state index contributed by atoms with van der Waals surface area (Å²) in [5.41, 5.74) is 9.89. The van der Waals surface area contributed by atoms with Crippen molar-refractivity contribution in [1.29, 1.82) is 0 Å². The van der Waals surface area contributed by atoms with E-state index in [2.05, 4.69) is 218 Å². The third-order valence-corrected chi connectivity index (χ3v) is 12.2. The molecule has 1 heteroatoms. The van der Waals surface area contributed by atoms with Gasteiger partial charge in [0.1, 0.15) is 0 Å². The molecule has 264 valence electrons. The quantitative estimate of drug-likeness (QED) is 0.161. The lowest BCUT2D eigenvalue weighted by Crippen LogP contribution is -2.39. The largest absolute Gasteiger partial charge is 0.310 e. The Morgan fingerprint density at radius 2 is 1.00 bits per heavy atom. The molecule has 0 fully saturated rings. The van der Waals surface area contributed by atoms with Crippen LogP contribution in [0.1, 0.15) is 12.5 Å². The molecular weight excluding hydrogens is 675 g/mol. The van der Waals surface area contributed by atoms with E-state index < -0.39 is 0 Å². The Kier molecular flexibility index (Phi) is 7.60. The van der Waals surface area contributed by atoms with Gasteiger partial charge in [-0.2, -0.15) is 0 Å². The molecule has 56 heavy (non-hydrogen) atoms. The Morgan fingerprint density at radius 1 is 0.411 bits per heavy atom. The highest BCUT2D eigenvalue weighted by molar-refractivity contribution is 6.14. The molecule has 2 unspecified atom stereocenters. The van der Waals surface area contributed by atoms with E-state index in [1.165, 1.54) is 81.4 Å². The number of rotatable bonds is 5. The van der Waals surface area contributed by atoms with Crippen LogP contribution in [-0.4, -0.2) is 0 Å². The monoisotopic (exact) mass is 713 g/mol. The zero-order valence-electron chi connectivity index (χ0n) is 31.2. The summed E-state index contributed by atoms with van der Waals surface area (Å²) >= 11 is 0. The highest BCUT2D eigenvalue weighted by atomic mass is 15.1. The molecule has 2 atom stereocenters. The minimum atomic E-state index is 0.321. The van der Waals surface area contributed by atoms with Crippen molar-refractivity contribution in [3.05, 3.63) is 222 Å². The van der Waals surface area contributed by atoms with Crippen LogP contribution in [0.4, 0.5) is 17.1 Å². The zero-order chi connectivity index (χ0) is 37.2. The Morgan fingerprint density at radius 3 is 1.80 bits per heavy atom. The molecule has 11 rings (SSSR count). The van der Waals surface area contributed by atoms with Gasteiger partial charge in [0.2, 0.25) is 0 Å². The van der Waals surface area contributed by atoms with Gasteiger partial charge in [-0.3, -0.25) is 0 Å². The van der Waals surface area contributed by atoms with E-state index in [1.54, 1.807) is 0 Å². The summed E-state index contributed by atoms with van der Waals surface area (Å²) in [6, 6.07) is 67.4. The number of allylic oxidation sites excluding steroid dienone is 4. The molecule has 0 aromatic heterocycles. The van der Waals surface area contributed by atoms with E-state index in [9.17, 15) is 0 Å². The predicted octanol–water partition coefficient (Wildman–Crippen LogP) is 13.2. The highest BCUT2D eigenvalue weighted by Crippen LogP contribution is 2.43. The summed E-state index contributed by atoms with van der Waals surface area (Å²) in [7, 11) is 0. The fourth-order valence-electron chi connectivity index (χ4n) is 9.57. The molecule has 0 heterocycles. The Labute approximate surface area is 327 Å².